The van der Waals surface area contributed by atoms with Gasteiger partial charge in [0.1, 0.15) is 0 Å². The van der Waals surface area contributed by atoms with Gasteiger partial charge in [-0.3, -0.25) is 4.90 Å². The first-order valence-electron chi connectivity index (χ1n) is 7.42. The van der Waals surface area contributed by atoms with Gasteiger partial charge in [-0.1, -0.05) is 29.8 Å². The van der Waals surface area contributed by atoms with Crippen LogP contribution in [0.15, 0.2) is 42.5 Å². The topological polar surface area (TPSA) is 29.3 Å². The van der Waals surface area contributed by atoms with Crippen LogP contribution in [0, 0.1) is 0 Å². The molecule has 0 bridgehead atoms. The summed E-state index contributed by atoms with van der Waals surface area (Å²) in [6.45, 7) is 2.24. The summed E-state index contributed by atoms with van der Waals surface area (Å²) in [4.78, 5) is 2.44. The summed E-state index contributed by atoms with van der Waals surface area (Å²) in [7, 11) is 2.20. The SMILES string of the molecule is CC(c1cccc(Cl)c1)N(C)C1CCc2cc(N)ccc21. The van der Waals surface area contributed by atoms with Gasteiger partial charge in [0.25, 0.3) is 0 Å². The van der Waals surface area contributed by atoms with Gasteiger partial charge in [-0.05, 0) is 67.8 Å². The maximum absolute atomic E-state index is 6.12. The van der Waals surface area contributed by atoms with Crippen LogP contribution < -0.4 is 5.73 Å². The molecule has 3 heteroatoms. The average Bonchev–Trinajstić information content (AvgIpc) is 2.88. The number of fused-ring (bicyclic) bond motifs is 1. The minimum absolute atomic E-state index is 0.331. The quantitative estimate of drug-likeness (QED) is 0.839. The highest BCUT2D eigenvalue weighted by atomic mass is 35.5. The van der Waals surface area contributed by atoms with E-state index in [9.17, 15) is 0 Å². The van der Waals surface area contributed by atoms with Gasteiger partial charge in [0.2, 0.25) is 0 Å². The van der Waals surface area contributed by atoms with Crippen molar-refractivity contribution in [2.45, 2.75) is 31.8 Å². The van der Waals surface area contributed by atoms with E-state index in [1.54, 1.807) is 0 Å². The molecule has 2 atom stereocenters. The van der Waals surface area contributed by atoms with Gasteiger partial charge in [0.05, 0.1) is 0 Å². The van der Waals surface area contributed by atoms with Crippen molar-refractivity contribution in [3.05, 3.63) is 64.2 Å². The maximum atomic E-state index is 6.12. The van der Waals surface area contributed by atoms with Crippen molar-refractivity contribution in [3.8, 4) is 0 Å². The summed E-state index contributed by atoms with van der Waals surface area (Å²) in [5, 5.41) is 0.798. The molecule has 2 nitrogen and oxygen atoms in total. The summed E-state index contributed by atoms with van der Waals surface area (Å²) in [6, 6.07) is 15.2. The van der Waals surface area contributed by atoms with Crippen LogP contribution in [0.3, 0.4) is 0 Å². The van der Waals surface area contributed by atoms with Crippen LogP contribution in [0.25, 0.3) is 0 Å². The number of aryl methyl sites for hydroxylation is 1. The monoisotopic (exact) mass is 300 g/mol. The van der Waals surface area contributed by atoms with Crippen LogP contribution >= 0.6 is 11.6 Å². The number of benzene rings is 2. The highest BCUT2D eigenvalue weighted by Crippen LogP contribution is 2.39. The van der Waals surface area contributed by atoms with E-state index in [2.05, 4.69) is 43.1 Å². The molecule has 0 aliphatic heterocycles. The molecular formula is C18H21ClN2. The first-order valence-corrected chi connectivity index (χ1v) is 7.80. The predicted octanol–water partition coefficient (Wildman–Crippen LogP) is 4.60. The van der Waals surface area contributed by atoms with Crippen molar-refractivity contribution in [1.82, 2.24) is 4.90 Å². The molecule has 0 aromatic heterocycles. The average molecular weight is 301 g/mol. The highest BCUT2D eigenvalue weighted by molar-refractivity contribution is 6.30. The molecule has 0 spiro atoms. The van der Waals surface area contributed by atoms with Gasteiger partial charge in [0.15, 0.2) is 0 Å². The minimum Gasteiger partial charge on any atom is -0.399 e. The summed E-state index contributed by atoms with van der Waals surface area (Å²) in [5.74, 6) is 0. The molecule has 0 saturated carbocycles. The van der Waals surface area contributed by atoms with E-state index >= 15 is 0 Å². The van der Waals surface area contributed by atoms with E-state index in [1.807, 2.05) is 18.2 Å². The Labute approximate surface area is 131 Å². The Morgan fingerprint density at radius 1 is 1.24 bits per heavy atom. The van der Waals surface area contributed by atoms with Crippen molar-refractivity contribution in [3.63, 3.8) is 0 Å². The minimum atomic E-state index is 0.331. The van der Waals surface area contributed by atoms with Crippen molar-refractivity contribution in [2.75, 3.05) is 12.8 Å². The Morgan fingerprint density at radius 2 is 2.05 bits per heavy atom. The molecule has 0 heterocycles. The molecule has 2 unspecified atom stereocenters. The van der Waals surface area contributed by atoms with Crippen molar-refractivity contribution < 1.29 is 0 Å². The lowest BCUT2D eigenvalue weighted by Gasteiger charge is -2.31. The van der Waals surface area contributed by atoms with Gasteiger partial charge >= 0.3 is 0 Å². The van der Waals surface area contributed by atoms with E-state index in [0.29, 0.717) is 12.1 Å². The van der Waals surface area contributed by atoms with E-state index in [-0.39, 0.29) is 0 Å². The Balaban J connectivity index is 1.85. The van der Waals surface area contributed by atoms with Crippen LogP contribution in [-0.2, 0) is 6.42 Å². The molecule has 2 aromatic rings. The second kappa shape index (κ2) is 5.70. The molecule has 1 aliphatic carbocycles. The van der Waals surface area contributed by atoms with Gasteiger partial charge in [-0.15, -0.1) is 0 Å². The number of hydrogen-bond acceptors (Lipinski definition) is 2. The van der Waals surface area contributed by atoms with Crippen LogP contribution in [0.2, 0.25) is 5.02 Å². The number of rotatable bonds is 3. The van der Waals surface area contributed by atoms with Crippen molar-refractivity contribution >= 4 is 17.3 Å². The number of halogens is 1. The molecule has 0 fully saturated rings. The molecule has 3 rings (SSSR count). The standard InChI is InChI=1S/C18H21ClN2/c1-12(13-4-3-5-15(19)10-13)21(2)18-9-6-14-11-16(20)7-8-17(14)18/h3-5,7-8,10-12,18H,6,9,20H2,1-2H3. The largest absolute Gasteiger partial charge is 0.399 e. The Kier molecular flexibility index (Phi) is 3.92. The molecule has 0 amide bonds. The van der Waals surface area contributed by atoms with E-state index in [4.69, 9.17) is 17.3 Å². The second-order valence-corrected chi connectivity index (χ2v) is 6.35. The molecule has 2 N–H and O–H groups in total. The zero-order chi connectivity index (χ0) is 15.0. The first-order chi connectivity index (χ1) is 10.1. The molecular weight excluding hydrogens is 280 g/mol. The second-order valence-electron chi connectivity index (χ2n) is 5.91. The zero-order valence-corrected chi connectivity index (χ0v) is 13.3. The number of hydrogen-bond donors (Lipinski definition) is 1. The molecule has 0 saturated heterocycles. The first kappa shape index (κ1) is 14.4. The Morgan fingerprint density at radius 3 is 2.81 bits per heavy atom. The zero-order valence-electron chi connectivity index (χ0n) is 12.5. The lowest BCUT2D eigenvalue weighted by atomic mass is 10.0. The summed E-state index contributed by atoms with van der Waals surface area (Å²) < 4.78 is 0. The fourth-order valence-corrected chi connectivity index (χ4v) is 3.51. The van der Waals surface area contributed by atoms with Gasteiger partial charge < -0.3 is 5.73 Å². The predicted molar refractivity (Wildman–Crippen MR) is 89.5 cm³/mol. The Hall–Kier alpha value is -1.51. The van der Waals surface area contributed by atoms with Crippen LogP contribution in [-0.4, -0.2) is 11.9 Å². The number of nitrogens with zero attached hydrogens (tertiary/aromatic N) is 1. The van der Waals surface area contributed by atoms with Gasteiger partial charge in [-0.25, -0.2) is 0 Å². The van der Waals surface area contributed by atoms with E-state index in [0.717, 1.165) is 23.6 Å². The maximum Gasteiger partial charge on any atom is 0.0409 e. The van der Waals surface area contributed by atoms with Crippen LogP contribution in [0.5, 0.6) is 0 Å². The lowest BCUT2D eigenvalue weighted by Crippen LogP contribution is -2.26. The highest BCUT2D eigenvalue weighted by Gasteiger charge is 2.28. The van der Waals surface area contributed by atoms with Gasteiger partial charge in [0, 0.05) is 22.8 Å². The fourth-order valence-electron chi connectivity index (χ4n) is 3.31. The summed E-state index contributed by atoms with van der Waals surface area (Å²) in [6.07, 6.45) is 2.26. The molecule has 1 aliphatic rings. The number of nitrogens with two attached hydrogens (primary N) is 1. The van der Waals surface area contributed by atoms with Gasteiger partial charge in [-0.2, -0.15) is 0 Å². The van der Waals surface area contributed by atoms with Crippen LogP contribution in [0.1, 0.15) is 42.1 Å². The Bertz CT molecular complexity index is 653. The summed E-state index contributed by atoms with van der Waals surface area (Å²) >= 11 is 6.12. The fraction of sp³-hybridized carbons (Fsp3) is 0.333. The molecule has 0 radical (unpaired) electrons. The van der Waals surface area contributed by atoms with E-state index < -0.39 is 0 Å². The third kappa shape index (κ3) is 2.78. The lowest BCUT2D eigenvalue weighted by molar-refractivity contribution is 0.185. The molecule has 110 valence electrons. The normalized spacial score (nSPS) is 18.8. The van der Waals surface area contributed by atoms with Crippen LogP contribution in [0.4, 0.5) is 5.69 Å². The number of anilines is 1. The van der Waals surface area contributed by atoms with E-state index in [1.165, 1.54) is 16.7 Å². The molecule has 21 heavy (non-hydrogen) atoms. The van der Waals surface area contributed by atoms with Crippen molar-refractivity contribution in [2.24, 2.45) is 0 Å². The smallest absolute Gasteiger partial charge is 0.0409 e. The summed E-state index contributed by atoms with van der Waals surface area (Å²) in [5.41, 5.74) is 10.8. The number of nitrogen functional groups attached to an aromatic ring is 1. The third-order valence-electron chi connectivity index (χ3n) is 4.65. The third-order valence-corrected chi connectivity index (χ3v) is 4.88. The van der Waals surface area contributed by atoms with Crippen molar-refractivity contribution in [1.29, 1.82) is 0 Å². The molecule has 2 aromatic carbocycles.